The molecule has 51 heavy (non-hydrogen) atoms. The minimum atomic E-state index is -4.35. The van der Waals surface area contributed by atoms with E-state index in [1.807, 2.05) is 34.1 Å². The van der Waals surface area contributed by atoms with Gasteiger partial charge in [0, 0.05) is 6.42 Å². The van der Waals surface area contributed by atoms with Gasteiger partial charge in [-0.2, -0.15) is 0 Å². The first-order chi connectivity index (χ1) is 24.4. The number of aliphatic hydroxyl groups is 2. The smallest absolute Gasteiger partial charge is 0.393 e. The molecule has 0 aromatic rings. The van der Waals surface area contributed by atoms with Crippen molar-refractivity contribution in [1.29, 1.82) is 0 Å². The van der Waals surface area contributed by atoms with E-state index in [0.29, 0.717) is 17.4 Å². The van der Waals surface area contributed by atoms with Crippen LogP contribution in [0, 0.1) is 0 Å². The van der Waals surface area contributed by atoms with Gasteiger partial charge in [0.15, 0.2) is 0 Å². The number of rotatable bonds is 34. The number of hydrogen-bond acceptors (Lipinski definition) is 6. The number of nitrogens with zero attached hydrogens (tertiary/aromatic N) is 1. The molecule has 0 heterocycles. The maximum absolute atomic E-state index is 12.8. The monoisotopic (exact) mass is 740 g/mol. The van der Waals surface area contributed by atoms with Gasteiger partial charge in [0.1, 0.15) is 13.2 Å². The number of phosphoric acid groups is 1. The number of carbonyl (C=O) groups is 1. The van der Waals surface area contributed by atoms with Crippen molar-refractivity contribution < 1.29 is 38.0 Å². The van der Waals surface area contributed by atoms with E-state index in [9.17, 15) is 24.5 Å². The summed E-state index contributed by atoms with van der Waals surface area (Å²) >= 11 is 0. The molecule has 0 bridgehead atoms. The highest BCUT2D eigenvalue weighted by Crippen LogP contribution is 2.43. The number of amides is 1. The molecule has 0 rings (SSSR count). The molecule has 0 aliphatic rings. The average Bonchev–Trinajstić information content (AvgIpc) is 3.07. The van der Waals surface area contributed by atoms with Crippen LogP contribution in [0.1, 0.15) is 136 Å². The second kappa shape index (κ2) is 32.8. The Labute approximate surface area is 312 Å². The fraction of sp³-hybridized carbons (Fsp3) is 0.732. The fourth-order valence-corrected chi connectivity index (χ4v) is 5.75. The maximum atomic E-state index is 12.8. The Kier molecular flexibility index (Phi) is 31.6. The fourth-order valence-electron chi connectivity index (χ4n) is 5.01. The van der Waals surface area contributed by atoms with Crippen LogP contribution in [0.15, 0.2) is 60.8 Å². The molecule has 0 fully saturated rings. The van der Waals surface area contributed by atoms with Gasteiger partial charge < -0.3 is 24.9 Å². The lowest BCUT2D eigenvalue weighted by Crippen LogP contribution is -2.45. The van der Waals surface area contributed by atoms with Gasteiger partial charge in [-0.05, 0) is 64.2 Å². The highest BCUT2D eigenvalue weighted by molar-refractivity contribution is 7.47. The SMILES string of the molecule is CCCCCCCCCCC/C=C/[C@@H](O)[C@H](COP(=O)(O)OCC[N+](C)(C)C)NC(=O)CCC/C=C\C/C=C\C/C=C\C/C=C\CC[C@H](O)CC. The first kappa shape index (κ1) is 49.2. The van der Waals surface area contributed by atoms with E-state index in [1.165, 1.54) is 44.9 Å². The zero-order chi connectivity index (χ0) is 38.1. The normalized spacial score (nSPS) is 15.8. The molecule has 0 radical (unpaired) electrons. The Hall–Kier alpha value is -1.84. The van der Waals surface area contributed by atoms with Crippen molar-refractivity contribution in [3.8, 4) is 0 Å². The first-order valence-corrected chi connectivity index (χ1v) is 21.2. The van der Waals surface area contributed by atoms with Gasteiger partial charge in [-0.3, -0.25) is 13.8 Å². The zero-order valence-corrected chi connectivity index (χ0v) is 33.8. The third-order valence-electron chi connectivity index (χ3n) is 8.40. The molecule has 0 saturated heterocycles. The summed E-state index contributed by atoms with van der Waals surface area (Å²) in [5.41, 5.74) is 0. The maximum Gasteiger partial charge on any atom is 0.472 e. The number of phosphoric ester groups is 1. The third-order valence-corrected chi connectivity index (χ3v) is 9.38. The lowest BCUT2D eigenvalue weighted by Gasteiger charge is -2.25. The molecule has 0 spiro atoms. The molecule has 0 aliphatic carbocycles. The number of nitrogens with one attached hydrogen (secondary N) is 1. The predicted octanol–water partition coefficient (Wildman–Crippen LogP) is 9.27. The average molecular weight is 740 g/mol. The van der Waals surface area contributed by atoms with Crippen LogP contribution in [0.4, 0.5) is 0 Å². The van der Waals surface area contributed by atoms with Crippen LogP contribution < -0.4 is 5.32 Å². The van der Waals surface area contributed by atoms with E-state index >= 15 is 0 Å². The minimum absolute atomic E-state index is 0.0422. The van der Waals surface area contributed by atoms with Crippen LogP contribution >= 0.6 is 7.82 Å². The van der Waals surface area contributed by atoms with E-state index in [1.54, 1.807) is 6.08 Å². The molecule has 4 N–H and O–H groups in total. The standard InChI is InChI=1S/C41H75N2O7P/c1-6-8-9-10-11-12-17-21-24-27-30-33-40(45)39(37-50-51(47,48)49-36-35-43(3,4)5)42-41(46)34-31-28-25-22-19-16-14-13-15-18-20-23-26-29-32-38(44)7-2/h14-16,18,22-23,25-26,30,33,38-40,44-45H,6-13,17,19-21,24,27-29,31-32,34-37H2,1-5H3,(H-,42,46,47,48)/p+1/b16-14-,18-15-,25-22-,26-23-,33-30+/t38-,39+,40-/m1/s1. The summed E-state index contributed by atoms with van der Waals surface area (Å²) in [7, 11) is 1.50. The Morgan fingerprint density at radius 1 is 0.725 bits per heavy atom. The van der Waals surface area contributed by atoms with Gasteiger partial charge in [0.2, 0.25) is 5.91 Å². The Balaban J connectivity index is 4.62. The topological polar surface area (TPSA) is 125 Å². The van der Waals surface area contributed by atoms with Gasteiger partial charge in [-0.1, -0.05) is 126 Å². The molecule has 0 aromatic carbocycles. The number of hydrogen-bond donors (Lipinski definition) is 4. The Morgan fingerprint density at radius 2 is 1.25 bits per heavy atom. The molecular formula is C41H76N2O7P+. The summed E-state index contributed by atoms with van der Waals surface area (Å²) in [5, 5.41) is 23.2. The molecule has 10 heteroatoms. The highest BCUT2D eigenvalue weighted by Gasteiger charge is 2.27. The van der Waals surface area contributed by atoms with Crippen molar-refractivity contribution in [2.45, 2.75) is 154 Å². The molecule has 9 nitrogen and oxygen atoms in total. The van der Waals surface area contributed by atoms with Crippen LogP contribution in [-0.2, 0) is 18.4 Å². The van der Waals surface area contributed by atoms with E-state index in [2.05, 4.69) is 60.8 Å². The number of unbranched alkanes of at least 4 members (excludes halogenated alkanes) is 10. The van der Waals surface area contributed by atoms with Crippen molar-refractivity contribution in [2.24, 2.45) is 0 Å². The van der Waals surface area contributed by atoms with Gasteiger partial charge in [-0.15, -0.1) is 0 Å². The number of carbonyl (C=O) groups excluding carboxylic acids is 1. The van der Waals surface area contributed by atoms with Crippen molar-refractivity contribution in [3.05, 3.63) is 60.8 Å². The molecule has 1 unspecified atom stereocenters. The van der Waals surface area contributed by atoms with Gasteiger partial charge >= 0.3 is 7.82 Å². The first-order valence-electron chi connectivity index (χ1n) is 19.7. The molecule has 4 atom stereocenters. The van der Waals surface area contributed by atoms with Crippen molar-refractivity contribution in [2.75, 3.05) is 40.9 Å². The summed E-state index contributed by atoms with van der Waals surface area (Å²) in [6, 6.07) is -0.884. The van der Waals surface area contributed by atoms with Crippen LogP contribution in [0.3, 0.4) is 0 Å². The predicted molar refractivity (Wildman–Crippen MR) is 213 cm³/mol. The number of allylic oxidation sites excluding steroid dienone is 9. The Bertz CT molecular complexity index is 1040. The quantitative estimate of drug-likeness (QED) is 0.0224. The van der Waals surface area contributed by atoms with Crippen LogP contribution in [0.5, 0.6) is 0 Å². The van der Waals surface area contributed by atoms with Crippen molar-refractivity contribution in [1.82, 2.24) is 5.32 Å². The summed E-state index contributed by atoms with van der Waals surface area (Å²) in [5.74, 6) is -0.248. The van der Waals surface area contributed by atoms with E-state index in [-0.39, 0.29) is 31.6 Å². The summed E-state index contributed by atoms with van der Waals surface area (Å²) in [6.07, 6.45) is 38.1. The summed E-state index contributed by atoms with van der Waals surface area (Å²) < 4.78 is 23.4. The minimum Gasteiger partial charge on any atom is -0.393 e. The van der Waals surface area contributed by atoms with E-state index < -0.39 is 20.0 Å². The number of aliphatic hydroxyl groups excluding tert-OH is 2. The largest absolute Gasteiger partial charge is 0.472 e. The molecule has 1 amide bonds. The van der Waals surface area contributed by atoms with Crippen LogP contribution in [0.2, 0.25) is 0 Å². The third kappa shape index (κ3) is 35.0. The molecule has 296 valence electrons. The van der Waals surface area contributed by atoms with Gasteiger partial charge in [0.05, 0.1) is 46.0 Å². The van der Waals surface area contributed by atoms with E-state index in [4.69, 9.17) is 9.05 Å². The number of likely N-dealkylation sites (N-methyl/N-ethyl adjacent to an activating group) is 1. The van der Waals surface area contributed by atoms with Crippen molar-refractivity contribution >= 4 is 13.7 Å². The highest BCUT2D eigenvalue weighted by atomic mass is 31.2. The lowest BCUT2D eigenvalue weighted by molar-refractivity contribution is -0.870. The van der Waals surface area contributed by atoms with Gasteiger partial charge in [-0.25, -0.2) is 4.57 Å². The second-order valence-electron chi connectivity index (χ2n) is 14.4. The van der Waals surface area contributed by atoms with Crippen molar-refractivity contribution in [3.63, 3.8) is 0 Å². The molecule has 0 aromatic heterocycles. The lowest BCUT2D eigenvalue weighted by atomic mass is 10.1. The summed E-state index contributed by atoms with van der Waals surface area (Å²) in [6.45, 7) is 4.44. The Morgan fingerprint density at radius 3 is 1.82 bits per heavy atom. The molecular weight excluding hydrogens is 663 g/mol. The number of quaternary nitrogens is 1. The molecule has 0 aliphatic heterocycles. The van der Waals surface area contributed by atoms with E-state index in [0.717, 1.165) is 64.2 Å². The summed E-state index contributed by atoms with van der Waals surface area (Å²) in [4.78, 5) is 23.0. The van der Waals surface area contributed by atoms with Crippen LogP contribution in [0.25, 0.3) is 0 Å². The molecule has 0 saturated carbocycles. The van der Waals surface area contributed by atoms with Gasteiger partial charge in [0.25, 0.3) is 0 Å². The van der Waals surface area contributed by atoms with Crippen LogP contribution in [-0.4, -0.2) is 84.6 Å². The second-order valence-corrected chi connectivity index (χ2v) is 15.9. The zero-order valence-electron chi connectivity index (χ0n) is 32.9.